The smallest absolute Gasteiger partial charge is 0.271 e. The zero-order valence-electron chi connectivity index (χ0n) is 15.3. The van der Waals surface area contributed by atoms with E-state index in [-0.39, 0.29) is 5.91 Å². The quantitative estimate of drug-likeness (QED) is 0.638. The van der Waals surface area contributed by atoms with Crippen LogP contribution in [0.5, 0.6) is 11.5 Å². The molecule has 0 aliphatic carbocycles. The van der Waals surface area contributed by atoms with Crippen LogP contribution in [0, 0.1) is 0 Å². The maximum atomic E-state index is 12.3. The van der Waals surface area contributed by atoms with Crippen molar-refractivity contribution in [3.05, 3.63) is 59.4 Å². The summed E-state index contributed by atoms with van der Waals surface area (Å²) in [5.74, 6) is 1.15. The van der Waals surface area contributed by atoms with Crippen molar-refractivity contribution in [1.29, 1.82) is 0 Å². The number of thiazole rings is 1. The molecule has 3 aromatic rings. The highest BCUT2D eigenvalue weighted by atomic mass is 32.1. The van der Waals surface area contributed by atoms with E-state index < -0.39 is 0 Å². The standard InChI is InChI=1S/C20H21N3O3S/c1-3-10-26-17-5-4-15(11-18(17)25-2)20-23-16(13-27-20)19(24)22-12-14-6-8-21-9-7-14/h4-9,11,13H,3,10,12H2,1-2H3,(H,22,24). The van der Waals surface area contributed by atoms with Crippen LogP contribution in [0.2, 0.25) is 0 Å². The van der Waals surface area contributed by atoms with Crippen molar-refractivity contribution in [3.8, 4) is 22.1 Å². The van der Waals surface area contributed by atoms with Gasteiger partial charge in [-0.15, -0.1) is 11.3 Å². The van der Waals surface area contributed by atoms with E-state index in [4.69, 9.17) is 9.47 Å². The number of carbonyl (C=O) groups is 1. The summed E-state index contributed by atoms with van der Waals surface area (Å²) < 4.78 is 11.1. The average Bonchev–Trinajstić information content (AvgIpc) is 3.21. The first kappa shape index (κ1) is 18.8. The monoisotopic (exact) mass is 383 g/mol. The predicted molar refractivity (Wildman–Crippen MR) is 105 cm³/mol. The lowest BCUT2D eigenvalue weighted by molar-refractivity contribution is 0.0946. The highest BCUT2D eigenvalue weighted by Crippen LogP contribution is 2.33. The number of ether oxygens (including phenoxy) is 2. The van der Waals surface area contributed by atoms with Gasteiger partial charge in [0.25, 0.3) is 5.91 Å². The van der Waals surface area contributed by atoms with Crippen molar-refractivity contribution in [2.24, 2.45) is 0 Å². The largest absolute Gasteiger partial charge is 0.493 e. The normalized spacial score (nSPS) is 10.4. The number of nitrogens with one attached hydrogen (secondary N) is 1. The van der Waals surface area contributed by atoms with E-state index in [1.807, 2.05) is 30.3 Å². The van der Waals surface area contributed by atoms with Crippen LogP contribution in [0.4, 0.5) is 0 Å². The Morgan fingerprint density at radius 3 is 2.74 bits per heavy atom. The lowest BCUT2D eigenvalue weighted by Gasteiger charge is -2.10. The van der Waals surface area contributed by atoms with Crippen LogP contribution in [0.25, 0.3) is 10.6 Å². The number of nitrogens with zero attached hydrogens (tertiary/aromatic N) is 2. The molecule has 0 bridgehead atoms. The number of benzene rings is 1. The molecule has 0 saturated heterocycles. The molecule has 0 aliphatic rings. The van der Waals surface area contributed by atoms with Crippen LogP contribution in [0.15, 0.2) is 48.1 Å². The van der Waals surface area contributed by atoms with Gasteiger partial charge in [0.15, 0.2) is 11.5 Å². The Balaban J connectivity index is 1.70. The van der Waals surface area contributed by atoms with Crippen molar-refractivity contribution in [1.82, 2.24) is 15.3 Å². The van der Waals surface area contributed by atoms with Crippen LogP contribution in [-0.2, 0) is 6.54 Å². The van der Waals surface area contributed by atoms with Gasteiger partial charge in [0, 0.05) is 29.9 Å². The fourth-order valence-corrected chi connectivity index (χ4v) is 3.21. The molecule has 7 heteroatoms. The summed E-state index contributed by atoms with van der Waals surface area (Å²) in [5.41, 5.74) is 2.27. The van der Waals surface area contributed by atoms with Gasteiger partial charge in [0.2, 0.25) is 0 Å². The molecular weight excluding hydrogens is 362 g/mol. The van der Waals surface area contributed by atoms with E-state index in [1.165, 1.54) is 11.3 Å². The second-order valence-electron chi connectivity index (χ2n) is 5.79. The van der Waals surface area contributed by atoms with Gasteiger partial charge in [-0.1, -0.05) is 6.92 Å². The molecule has 0 atom stereocenters. The molecule has 27 heavy (non-hydrogen) atoms. The lowest BCUT2D eigenvalue weighted by Crippen LogP contribution is -2.23. The maximum Gasteiger partial charge on any atom is 0.271 e. The molecule has 0 fully saturated rings. The van der Waals surface area contributed by atoms with E-state index in [0.717, 1.165) is 22.6 Å². The minimum atomic E-state index is -0.204. The fourth-order valence-electron chi connectivity index (χ4n) is 2.42. The summed E-state index contributed by atoms with van der Waals surface area (Å²) in [6.45, 7) is 3.12. The summed E-state index contributed by atoms with van der Waals surface area (Å²) in [7, 11) is 1.61. The number of methoxy groups -OCH3 is 1. The van der Waals surface area contributed by atoms with Crippen LogP contribution in [0.3, 0.4) is 0 Å². The number of aromatic nitrogens is 2. The fraction of sp³-hybridized carbons (Fsp3) is 0.250. The number of pyridine rings is 1. The lowest BCUT2D eigenvalue weighted by atomic mass is 10.2. The molecule has 1 aromatic carbocycles. The Kier molecular flexibility index (Phi) is 6.38. The van der Waals surface area contributed by atoms with Crippen molar-refractivity contribution in [2.45, 2.75) is 19.9 Å². The van der Waals surface area contributed by atoms with Crippen LogP contribution in [0.1, 0.15) is 29.4 Å². The molecule has 140 valence electrons. The van der Waals surface area contributed by atoms with Gasteiger partial charge in [-0.2, -0.15) is 0 Å². The third-order valence-electron chi connectivity index (χ3n) is 3.81. The molecule has 0 unspecified atom stereocenters. The van der Waals surface area contributed by atoms with Crippen LogP contribution < -0.4 is 14.8 Å². The Bertz CT molecular complexity index is 896. The molecule has 1 N–H and O–H groups in total. The third-order valence-corrected chi connectivity index (χ3v) is 4.70. The van der Waals surface area contributed by atoms with Crippen molar-refractivity contribution >= 4 is 17.2 Å². The Labute approximate surface area is 162 Å². The number of hydrogen-bond donors (Lipinski definition) is 1. The minimum absolute atomic E-state index is 0.204. The van der Waals surface area contributed by atoms with Gasteiger partial charge < -0.3 is 14.8 Å². The number of carbonyl (C=O) groups excluding carboxylic acids is 1. The molecule has 2 aromatic heterocycles. The van der Waals surface area contributed by atoms with E-state index in [0.29, 0.717) is 30.3 Å². The SMILES string of the molecule is CCCOc1ccc(-c2nc(C(=O)NCc3ccncc3)cs2)cc1OC. The van der Waals surface area contributed by atoms with Crippen LogP contribution in [-0.4, -0.2) is 29.6 Å². The average molecular weight is 383 g/mol. The van der Waals surface area contributed by atoms with Gasteiger partial charge >= 0.3 is 0 Å². The molecule has 1 amide bonds. The van der Waals surface area contributed by atoms with E-state index in [9.17, 15) is 4.79 Å². The van der Waals surface area contributed by atoms with Gasteiger partial charge in [-0.25, -0.2) is 4.98 Å². The Hall–Kier alpha value is -2.93. The first-order valence-corrected chi connectivity index (χ1v) is 9.53. The summed E-state index contributed by atoms with van der Waals surface area (Å²) in [5, 5.41) is 5.38. The first-order valence-electron chi connectivity index (χ1n) is 8.65. The molecule has 2 heterocycles. The van der Waals surface area contributed by atoms with Crippen molar-refractivity contribution in [2.75, 3.05) is 13.7 Å². The first-order chi connectivity index (χ1) is 13.2. The summed E-state index contributed by atoms with van der Waals surface area (Å²) >= 11 is 1.42. The molecule has 0 aliphatic heterocycles. The summed E-state index contributed by atoms with van der Waals surface area (Å²) in [6, 6.07) is 9.39. The molecule has 0 saturated carbocycles. The zero-order chi connectivity index (χ0) is 19.1. The summed E-state index contributed by atoms with van der Waals surface area (Å²) in [4.78, 5) is 20.8. The third kappa shape index (κ3) is 4.83. The molecule has 6 nitrogen and oxygen atoms in total. The number of hydrogen-bond acceptors (Lipinski definition) is 6. The molecule has 0 radical (unpaired) electrons. The highest BCUT2D eigenvalue weighted by molar-refractivity contribution is 7.13. The molecule has 3 rings (SSSR count). The van der Waals surface area contributed by atoms with E-state index >= 15 is 0 Å². The van der Waals surface area contributed by atoms with E-state index in [1.54, 1.807) is 24.9 Å². The Morgan fingerprint density at radius 2 is 2.00 bits per heavy atom. The zero-order valence-corrected chi connectivity index (χ0v) is 16.1. The van der Waals surface area contributed by atoms with Gasteiger partial charge in [0.1, 0.15) is 10.7 Å². The maximum absolute atomic E-state index is 12.3. The van der Waals surface area contributed by atoms with Gasteiger partial charge in [0.05, 0.1) is 13.7 Å². The summed E-state index contributed by atoms with van der Waals surface area (Å²) in [6.07, 6.45) is 4.32. The second kappa shape index (κ2) is 9.14. The van der Waals surface area contributed by atoms with Crippen molar-refractivity contribution < 1.29 is 14.3 Å². The van der Waals surface area contributed by atoms with Crippen LogP contribution >= 0.6 is 11.3 Å². The number of amides is 1. The second-order valence-corrected chi connectivity index (χ2v) is 6.65. The predicted octanol–water partition coefficient (Wildman–Crippen LogP) is 3.93. The van der Waals surface area contributed by atoms with Crippen molar-refractivity contribution in [3.63, 3.8) is 0 Å². The topological polar surface area (TPSA) is 73.3 Å². The minimum Gasteiger partial charge on any atom is -0.493 e. The van der Waals surface area contributed by atoms with Gasteiger partial charge in [-0.3, -0.25) is 9.78 Å². The molecular formula is C20H21N3O3S. The Morgan fingerprint density at radius 1 is 1.19 bits per heavy atom. The van der Waals surface area contributed by atoms with E-state index in [2.05, 4.69) is 22.2 Å². The molecule has 0 spiro atoms. The van der Waals surface area contributed by atoms with Gasteiger partial charge in [-0.05, 0) is 42.3 Å². The highest BCUT2D eigenvalue weighted by Gasteiger charge is 2.14. The number of rotatable bonds is 8.